The number of nitrogens with two attached hydrogens (primary N) is 1. The maximum Gasteiger partial charge on any atom is 0.270 e. The zero-order valence-corrected chi connectivity index (χ0v) is 11.6. The van der Waals surface area contributed by atoms with Crippen LogP contribution in [0.1, 0.15) is 55.9 Å². The van der Waals surface area contributed by atoms with Gasteiger partial charge in [-0.3, -0.25) is 4.79 Å². The van der Waals surface area contributed by atoms with E-state index in [1.54, 1.807) is 12.1 Å². The number of amides is 1. The van der Waals surface area contributed by atoms with Crippen molar-refractivity contribution in [1.29, 1.82) is 0 Å². The molecule has 2 rings (SSSR count). The molecule has 0 bridgehead atoms. The number of pyridine rings is 1. The standard InChI is InChI=1S/C15H23N3O/c1-11(12-6-4-2-3-5-7-12)18-15(19)14-9-8-13(16)10-17-14/h8-12H,2-7,16H2,1H3,(H,18,19)/t11-/m0/s1. The predicted octanol–water partition coefficient (Wildman–Crippen LogP) is 2.75. The molecule has 4 nitrogen and oxygen atoms in total. The Labute approximate surface area is 114 Å². The van der Waals surface area contributed by atoms with E-state index >= 15 is 0 Å². The monoisotopic (exact) mass is 261 g/mol. The van der Waals surface area contributed by atoms with Gasteiger partial charge in [0.15, 0.2) is 0 Å². The molecule has 0 saturated heterocycles. The summed E-state index contributed by atoms with van der Waals surface area (Å²) in [4.78, 5) is 16.1. The van der Waals surface area contributed by atoms with Crippen molar-refractivity contribution in [3.8, 4) is 0 Å². The Bertz CT molecular complexity index is 408. The largest absolute Gasteiger partial charge is 0.397 e. The molecule has 0 aliphatic heterocycles. The molecule has 1 aliphatic rings. The third kappa shape index (κ3) is 3.94. The molecule has 19 heavy (non-hydrogen) atoms. The van der Waals surface area contributed by atoms with Crippen LogP contribution in [-0.4, -0.2) is 16.9 Å². The van der Waals surface area contributed by atoms with Crippen molar-refractivity contribution in [3.05, 3.63) is 24.0 Å². The molecule has 0 unspecified atom stereocenters. The Balaban J connectivity index is 1.92. The van der Waals surface area contributed by atoms with Crippen LogP contribution in [0.2, 0.25) is 0 Å². The van der Waals surface area contributed by atoms with Crippen molar-refractivity contribution >= 4 is 11.6 Å². The molecule has 1 saturated carbocycles. The number of anilines is 1. The maximum absolute atomic E-state index is 12.1. The smallest absolute Gasteiger partial charge is 0.270 e. The summed E-state index contributed by atoms with van der Waals surface area (Å²) in [6.45, 7) is 2.10. The third-order valence-electron chi connectivity index (χ3n) is 3.98. The van der Waals surface area contributed by atoms with Crippen LogP contribution < -0.4 is 11.1 Å². The van der Waals surface area contributed by atoms with Gasteiger partial charge in [-0.1, -0.05) is 25.7 Å². The van der Waals surface area contributed by atoms with E-state index in [2.05, 4.69) is 17.2 Å². The molecule has 1 atom stereocenters. The van der Waals surface area contributed by atoms with E-state index in [1.165, 1.54) is 44.7 Å². The summed E-state index contributed by atoms with van der Waals surface area (Å²) in [7, 11) is 0. The second-order valence-corrected chi connectivity index (χ2v) is 5.49. The molecule has 104 valence electrons. The summed E-state index contributed by atoms with van der Waals surface area (Å²) in [5.74, 6) is 0.497. The number of hydrogen-bond acceptors (Lipinski definition) is 3. The maximum atomic E-state index is 12.1. The average Bonchev–Trinajstić information content (AvgIpc) is 2.68. The molecule has 1 fully saturated rings. The van der Waals surface area contributed by atoms with Gasteiger partial charge in [-0.15, -0.1) is 0 Å². The normalized spacial score (nSPS) is 18.6. The fraction of sp³-hybridized carbons (Fsp3) is 0.600. The van der Waals surface area contributed by atoms with Gasteiger partial charge in [-0.25, -0.2) is 4.98 Å². The van der Waals surface area contributed by atoms with Crippen LogP contribution in [0.25, 0.3) is 0 Å². The van der Waals surface area contributed by atoms with E-state index in [0.717, 1.165) is 0 Å². The van der Waals surface area contributed by atoms with Crippen LogP contribution >= 0.6 is 0 Å². The first-order valence-electron chi connectivity index (χ1n) is 7.19. The number of rotatable bonds is 3. The Hall–Kier alpha value is -1.58. The molecular weight excluding hydrogens is 238 g/mol. The topological polar surface area (TPSA) is 68.0 Å². The first kappa shape index (κ1) is 13.8. The average molecular weight is 261 g/mol. The van der Waals surface area contributed by atoms with Crippen molar-refractivity contribution in [3.63, 3.8) is 0 Å². The molecule has 4 heteroatoms. The molecule has 1 aliphatic carbocycles. The lowest BCUT2D eigenvalue weighted by molar-refractivity contribution is 0.0919. The SMILES string of the molecule is C[C@H](NC(=O)c1ccc(N)cn1)C1CCCCCC1. The number of nitrogen functional groups attached to an aromatic ring is 1. The summed E-state index contributed by atoms with van der Waals surface area (Å²) in [6.07, 6.45) is 9.18. The summed E-state index contributed by atoms with van der Waals surface area (Å²) in [5.41, 5.74) is 6.58. The van der Waals surface area contributed by atoms with Gasteiger partial charge in [0.2, 0.25) is 0 Å². The van der Waals surface area contributed by atoms with Gasteiger partial charge in [0.25, 0.3) is 5.91 Å². The van der Waals surface area contributed by atoms with Gasteiger partial charge in [0.05, 0.1) is 11.9 Å². The molecule has 0 aromatic carbocycles. The zero-order chi connectivity index (χ0) is 13.7. The van der Waals surface area contributed by atoms with Gasteiger partial charge >= 0.3 is 0 Å². The van der Waals surface area contributed by atoms with Crippen LogP contribution in [0.5, 0.6) is 0 Å². The Morgan fingerprint density at radius 2 is 2.00 bits per heavy atom. The molecule has 3 N–H and O–H groups in total. The van der Waals surface area contributed by atoms with Gasteiger partial charge < -0.3 is 11.1 Å². The summed E-state index contributed by atoms with van der Waals surface area (Å²) < 4.78 is 0. The van der Waals surface area contributed by atoms with E-state index in [0.29, 0.717) is 17.3 Å². The van der Waals surface area contributed by atoms with Crippen LogP contribution in [0.3, 0.4) is 0 Å². The van der Waals surface area contributed by atoms with Crippen LogP contribution in [0, 0.1) is 5.92 Å². The van der Waals surface area contributed by atoms with Crippen LogP contribution in [-0.2, 0) is 0 Å². The molecule has 0 radical (unpaired) electrons. The van der Waals surface area contributed by atoms with Crippen LogP contribution in [0.4, 0.5) is 5.69 Å². The lowest BCUT2D eigenvalue weighted by Crippen LogP contribution is -2.38. The van der Waals surface area contributed by atoms with Gasteiger partial charge in [0, 0.05) is 6.04 Å². The fourth-order valence-electron chi connectivity index (χ4n) is 2.75. The highest BCUT2D eigenvalue weighted by molar-refractivity contribution is 5.92. The number of carbonyl (C=O) groups excluding carboxylic acids is 1. The Morgan fingerprint density at radius 3 is 2.58 bits per heavy atom. The number of nitrogens with one attached hydrogen (secondary N) is 1. The predicted molar refractivity (Wildman–Crippen MR) is 76.8 cm³/mol. The number of aromatic nitrogens is 1. The molecule has 1 aromatic rings. The first-order valence-corrected chi connectivity index (χ1v) is 7.19. The van der Waals surface area contributed by atoms with Crippen molar-refractivity contribution in [2.24, 2.45) is 5.92 Å². The number of nitrogens with zero attached hydrogens (tertiary/aromatic N) is 1. The lowest BCUT2D eigenvalue weighted by atomic mass is 9.93. The molecular formula is C15H23N3O. The molecule has 1 aromatic heterocycles. The van der Waals surface area contributed by atoms with Gasteiger partial charge in [-0.05, 0) is 37.8 Å². The highest BCUT2D eigenvalue weighted by Crippen LogP contribution is 2.25. The summed E-state index contributed by atoms with van der Waals surface area (Å²) >= 11 is 0. The van der Waals surface area contributed by atoms with E-state index in [9.17, 15) is 4.79 Å². The second kappa shape index (κ2) is 6.55. The first-order chi connectivity index (χ1) is 9.16. The van der Waals surface area contributed by atoms with Crippen LogP contribution in [0.15, 0.2) is 18.3 Å². The summed E-state index contributed by atoms with van der Waals surface area (Å²) in [6, 6.07) is 3.59. The minimum Gasteiger partial charge on any atom is -0.397 e. The van der Waals surface area contributed by atoms with E-state index in [-0.39, 0.29) is 11.9 Å². The Kier molecular flexibility index (Phi) is 4.77. The van der Waals surface area contributed by atoms with E-state index < -0.39 is 0 Å². The second-order valence-electron chi connectivity index (χ2n) is 5.49. The van der Waals surface area contributed by atoms with Gasteiger partial charge in [-0.2, -0.15) is 0 Å². The number of carbonyl (C=O) groups is 1. The minimum absolute atomic E-state index is 0.100. The number of hydrogen-bond donors (Lipinski definition) is 2. The van der Waals surface area contributed by atoms with E-state index in [1.807, 2.05) is 0 Å². The van der Waals surface area contributed by atoms with E-state index in [4.69, 9.17) is 5.73 Å². The molecule has 1 amide bonds. The summed E-state index contributed by atoms with van der Waals surface area (Å²) in [5, 5.41) is 3.07. The lowest BCUT2D eigenvalue weighted by Gasteiger charge is -2.23. The van der Waals surface area contributed by atoms with Crippen molar-refractivity contribution in [1.82, 2.24) is 10.3 Å². The van der Waals surface area contributed by atoms with Crippen molar-refractivity contribution in [2.75, 3.05) is 5.73 Å². The fourth-order valence-corrected chi connectivity index (χ4v) is 2.75. The third-order valence-corrected chi connectivity index (χ3v) is 3.98. The zero-order valence-electron chi connectivity index (χ0n) is 11.6. The van der Waals surface area contributed by atoms with Crippen molar-refractivity contribution in [2.45, 2.75) is 51.5 Å². The van der Waals surface area contributed by atoms with Crippen molar-refractivity contribution < 1.29 is 4.79 Å². The van der Waals surface area contributed by atoms with Gasteiger partial charge in [0.1, 0.15) is 5.69 Å². The Morgan fingerprint density at radius 1 is 1.32 bits per heavy atom. The quantitative estimate of drug-likeness (QED) is 0.822. The molecule has 1 heterocycles. The highest BCUT2D eigenvalue weighted by atomic mass is 16.1. The molecule has 0 spiro atoms. The minimum atomic E-state index is -0.100. The highest BCUT2D eigenvalue weighted by Gasteiger charge is 2.21.